The quantitative estimate of drug-likeness (QED) is 0.571. The molecule has 0 aliphatic carbocycles. The Balaban J connectivity index is 1.63. The minimum atomic E-state index is -4.07. The topological polar surface area (TPSA) is 81.9 Å². The molecule has 2 aromatic carbocycles. The molecule has 1 saturated heterocycles. The molecule has 32 heavy (non-hydrogen) atoms. The number of ether oxygens (including phenoxy) is 2. The van der Waals surface area contributed by atoms with Gasteiger partial charge in [0, 0.05) is 19.2 Å². The second-order valence-electron chi connectivity index (χ2n) is 7.82. The van der Waals surface area contributed by atoms with E-state index in [1.54, 1.807) is 18.2 Å². The maximum atomic E-state index is 14.4. The van der Waals surface area contributed by atoms with Crippen molar-refractivity contribution in [3.8, 4) is 23.0 Å². The lowest BCUT2D eigenvalue weighted by molar-refractivity contribution is 0.171. The van der Waals surface area contributed by atoms with Crippen LogP contribution in [0.4, 0.5) is 10.3 Å². The maximum Gasteiger partial charge on any atom is 0.236 e. The van der Waals surface area contributed by atoms with Crippen LogP contribution in [0.25, 0.3) is 11.5 Å². The van der Waals surface area contributed by atoms with Crippen LogP contribution in [0.1, 0.15) is 25.7 Å². The van der Waals surface area contributed by atoms with Crippen LogP contribution in [0.5, 0.6) is 11.5 Å². The van der Waals surface area contributed by atoms with Crippen molar-refractivity contribution in [2.45, 2.75) is 35.6 Å². The smallest absolute Gasteiger partial charge is 0.236 e. The third-order valence-electron chi connectivity index (χ3n) is 5.66. The molecule has 0 amide bonds. The summed E-state index contributed by atoms with van der Waals surface area (Å²) >= 11 is 0. The Kier molecular flexibility index (Phi) is 5.50. The van der Waals surface area contributed by atoms with Crippen LogP contribution in [0.2, 0.25) is 0 Å². The first kappa shape index (κ1) is 20.8. The number of oxazole rings is 1. The average molecular weight is 459 g/mol. The number of benzene rings is 2. The minimum Gasteiger partial charge on any atom is -0.486 e. The molecule has 3 aromatic rings. The number of rotatable bonds is 4. The monoisotopic (exact) mass is 458 g/mol. The SMILES string of the molecule is O=S(=O)(c1ccc2c(c1)OCCO2)c1nc(-c2ccccc2F)oc1N1CCCCCC1. The Morgan fingerprint density at radius 3 is 2.38 bits per heavy atom. The van der Waals surface area contributed by atoms with E-state index < -0.39 is 15.7 Å². The zero-order chi connectivity index (χ0) is 22.1. The second kappa shape index (κ2) is 8.46. The molecule has 0 radical (unpaired) electrons. The molecule has 0 spiro atoms. The van der Waals surface area contributed by atoms with E-state index in [1.165, 1.54) is 24.3 Å². The van der Waals surface area contributed by atoms with Gasteiger partial charge in [-0.1, -0.05) is 25.0 Å². The summed E-state index contributed by atoms with van der Waals surface area (Å²) < 4.78 is 58.7. The lowest BCUT2D eigenvalue weighted by Crippen LogP contribution is -2.25. The van der Waals surface area contributed by atoms with Crippen LogP contribution in [0.3, 0.4) is 0 Å². The zero-order valence-corrected chi connectivity index (χ0v) is 18.2. The van der Waals surface area contributed by atoms with E-state index in [9.17, 15) is 12.8 Å². The van der Waals surface area contributed by atoms with Gasteiger partial charge in [0.1, 0.15) is 19.0 Å². The van der Waals surface area contributed by atoms with Gasteiger partial charge in [0.05, 0.1) is 10.5 Å². The number of fused-ring (bicyclic) bond motifs is 1. The van der Waals surface area contributed by atoms with Crippen molar-refractivity contribution in [2.75, 3.05) is 31.2 Å². The van der Waals surface area contributed by atoms with Crippen LogP contribution in [0.15, 0.2) is 56.8 Å². The third kappa shape index (κ3) is 3.81. The van der Waals surface area contributed by atoms with Crippen LogP contribution in [0, 0.1) is 5.82 Å². The number of nitrogens with zero attached hydrogens (tertiary/aromatic N) is 2. The molecule has 0 N–H and O–H groups in total. The van der Waals surface area contributed by atoms with Crippen molar-refractivity contribution in [3.05, 3.63) is 48.3 Å². The van der Waals surface area contributed by atoms with E-state index in [0.29, 0.717) is 37.8 Å². The molecule has 168 valence electrons. The largest absolute Gasteiger partial charge is 0.486 e. The summed E-state index contributed by atoms with van der Waals surface area (Å²) in [5.41, 5.74) is 0.118. The third-order valence-corrected chi connectivity index (χ3v) is 7.30. The van der Waals surface area contributed by atoms with Gasteiger partial charge in [-0.15, -0.1) is 0 Å². The standard InChI is InChI=1S/C23H23FN2O5S/c24-18-8-4-3-7-17(18)21-25-22(23(31-21)26-11-5-1-2-6-12-26)32(27,28)16-9-10-19-20(15-16)30-14-13-29-19/h3-4,7-10,15H,1-2,5-6,11-14H2. The van der Waals surface area contributed by atoms with Crippen LogP contribution >= 0.6 is 0 Å². The first-order chi connectivity index (χ1) is 15.5. The first-order valence-corrected chi connectivity index (χ1v) is 12.2. The number of sulfone groups is 1. The summed E-state index contributed by atoms with van der Waals surface area (Å²) in [6, 6.07) is 10.5. The number of aromatic nitrogens is 1. The Morgan fingerprint density at radius 2 is 1.62 bits per heavy atom. The molecule has 0 bridgehead atoms. The van der Waals surface area contributed by atoms with Crippen molar-refractivity contribution >= 4 is 15.7 Å². The summed E-state index contributed by atoms with van der Waals surface area (Å²) in [7, 11) is -4.07. The van der Waals surface area contributed by atoms with Crippen LogP contribution < -0.4 is 14.4 Å². The van der Waals surface area contributed by atoms with Crippen molar-refractivity contribution in [1.29, 1.82) is 0 Å². The normalized spacial score (nSPS) is 16.6. The lowest BCUT2D eigenvalue weighted by Gasteiger charge is -2.21. The molecule has 7 nitrogen and oxygen atoms in total. The van der Waals surface area contributed by atoms with Gasteiger partial charge in [0.25, 0.3) is 0 Å². The average Bonchev–Trinajstić information content (AvgIpc) is 3.08. The van der Waals surface area contributed by atoms with Crippen LogP contribution in [-0.2, 0) is 9.84 Å². The fraction of sp³-hybridized carbons (Fsp3) is 0.348. The Labute approximate surface area is 185 Å². The number of hydrogen-bond acceptors (Lipinski definition) is 7. The highest BCUT2D eigenvalue weighted by molar-refractivity contribution is 7.91. The molecular formula is C23H23FN2O5S. The van der Waals surface area contributed by atoms with E-state index in [0.717, 1.165) is 25.7 Å². The van der Waals surface area contributed by atoms with E-state index in [2.05, 4.69) is 4.98 Å². The number of anilines is 1. The van der Waals surface area contributed by atoms with Gasteiger partial charge in [-0.25, -0.2) is 12.8 Å². The van der Waals surface area contributed by atoms with Gasteiger partial charge in [-0.2, -0.15) is 4.98 Å². The van der Waals surface area contributed by atoms with E-state index in [4.69, 9.17) is 13.9 Å². The summed E-state index contributed by atoms with van der Waals surface area (Å²) in [6.45, 7) is 2.05. The van der Waals surface area contributed by atoms with Gasteiger partial charge >= 0.3 is 0 Å². The molecule has 0 atom stereocenters. The summed E-state index contributed by atoms with van der Waals surface area (Å²) in [5, 5.41) is -0.214. The van der Waals surface area contributed by atoms with Crippen molar-refractivity contribution in [2.24, 2.45) is 0 Å². The van der Waals surface area contributed by atoms with Gasteiger partial charge in [0.2, 0.25) is 26.6 Å². The Morgan fingerprint density at radius 1 is 0.906 bits per heavy atom. The first-order valence-electron chi connectivity index (χ1n) is 10.7. The van der Waals surface area contributed by atoms with Gasteiger partial charge < -0.3 is 18.8 Å². The molecule has 0 unspecified atom stereocenters. The second-order valence-corrected chi connectivity index (χ2v) is 9.68. The van der Waals surface area contributed by atoms with Crippen molar-refractivity contribution in [3.63, 3.8) is 0 Å². The Hall–Kier alpha value is -3.07. The summed E-state index contributed by atoms with van der Waals surface area (Å²) in [5.74, 6) is 0.430. The molecule has 9 heteroatoms. The fourth-order valence-corrected chi connectivity index (χ4v) is 5.34. The molecule has 0 saturated carbocycles. The lowest BCUT2D eigenvalue weighted by atomic mass is 10.2. The molecule has 2 aliphatic rings. The predicted molar refractivity (Wildman–Crippen MR) is 115 cm³/mol. The Bertz CT molecular complexity index is 1230. The predicted octanol–water partition coefficient (Wildman–Crippen LogP) is 4.47. The molecule has 2 aliphatic heterocycles. The number of halogens is 1. The number of hydrogen-bond donors (Lipinski definition) is 0. The van der Waals surface area contributed by atoms with Gasteiger partial charge in [-0.05, 0) is 37.1 Å². The van der Waals surface area contributed by atoms with Gasteiger partial charge in [0.15, 0.2) is 11.5 Å². The van der Waals surface area contributed by atoms with Crippen molar-refractivity contribution in [1.82, 2.24) is 4.98 Å². The van der Waals surface area contributed by atoms with Crippen molar-refractivity contribution < 1.29 is 26.7 Å². The van der Waals surface area contributed by atoms with E-state index in [1.807, 2.05) is 4.90 Å². The maximum absolute atomic E-state index is 14.4. The van der Waals surface area contributed by atoms with E-state index >= 15 is 0 Å². The fourth-order valence-electron chi connectivity index (χ4n) is 4.00. The minimum absolute atomic E-state index is 0.0196. The molecule has 1 fully saturated rings. The van der Waals surface area contributed by atoms with E-state index in [-0.39, 0.29) is 27.3 Å². The summed E-state index contributed by atoms with van der Waals surface area (Å²) in [6.07, 6.45) is 3.96. The molecular weight excluding hydrogens is 435 g/mol. The highest BCUT2D eigenvalue weighted by atomic mass is 32.2. The van der Waals surface area contributed by atoms with Gasteiger partial charge in [-0.3, -0.25) is 0 Å². The molecule has 1 aromatic heterocycles. The van der Waals surface area contributed by atoms with Crippen LogP contribution in [-0.4, -0.2) is 39.7 Å². The highest BCUT2D eigenvalue weighted by Crippen LogP contribution is 2.39. The highest BCUT2D eigenvalue weighted by Gasteiger charge is 2.33. The molecule has 5 rings (SSSR count). The molecule has 3 heterocycles. The summed E-state index contributed by atoms with van der Waals surface area (Å²) in [4.78, 5) is 6.22. The zero-order valence-electron chi connectivity index (χ0n) is 17.4.